The summed E-state index contributed by atoms with van der Waals surface area (Å²) in [6, 6.07) is 0. The maximum absolute atomic E-state index is 12.4. The molecule has 0 rings (SSSR count). The molecule has 0 bridgehead atoms. The average molecular weight is 447 g/mol. The third-order valence-electron chi connectivity index (χ3n) is 4.67. The van der Waals surface area contributed by atoms with E-state index in [0.29, 0.717) is 37.6 Å². The second kappa shape index (κ2) is 18.3. The molecule has 0 heterocycles. The highest BCUT2D eigenvalue weighted by atomic mass is 33.1. The summed E-state index contributed by atoms with van der Waals surface area (Å²) in [5.41, 5.74) is 0. The van der Waals surface area contributed by atoms with Gasteiger partial charge in [0.2, 0.25) is 5.91 Å². The van der Waals surface area contributed by atoms with E-state index in [1.165, 1.54) is 0 Å². The highest BCUT2D eigenvalue weighted by Crippen LogP contribution is 2.25. The largest absolute Gasteiger partial charge is 0.355 e. The van der Waals surface area contributed by atoms with Crippen molar-refractivity contribution in [3.8, 4) is 0 Å². The summed E-state index contributed by atoms with van der Waals surface area (Å²) < 4.78 is 0. The Morgan fingerprint density at radius 3 is 2.38 bits per heavy atom. The van der Waals surface area contributed by atoms with Crippen LogP contribution in [0.1, 0.15) is 72.1 Å². The molecule has 5 nitrogen and oxygen atoms in total. The third kappa shape index (κ3) is 16.9. The molecule has 7 heteroatoms. The van der Waals surface area contributed by atoms with E-state index in [1.54, 1.807) is 26.5 Å². The highest BCUT2D eigenvalue weighted by molar-refractivity contribution is 8.76. The van der Waals surface area contributed by atoms with Crippen LogP contribution in [-0.2, 0) is 14.4 Å². The minimum Gasteiger partial charge on any atom is -0.355 e. The van der Waals surface area contributed by atoms with E-state index < -0.39 is 0 Å². The Morgan fingerprint density at radius 2 is 1.76 bits per heavy atom. The number of nitrogens with one attached hydrogen (secondary N) is 1. The first-order chi connectivity index (χ1) is 13.8. The van der Waals surface area contributed by atoms with Crippen LogP contribution in [0.4, 0.5) is 0 Å². The summed E-state index contributed by atoms with van der Waals surface area (Å²) >= 11 is 0. The normalized spacial score (nSPS) is 12.4. The number of unbranched alkanes of at least 4 members (excludes halogenated alkanes) is 3. The van der Waals surface area contributed by atoms with Crippen molar-refractivity contribution in [2.75, 3.05) is 38.7 Å². The van der Waals surface area contributed by atoms with E-state index in [4.69, 9.17) is 0 Å². The van der Waals surface area contributed by atoms with Gasteiger partial charge in [-0.1, -0.05) is 61.6 Å². The van der Waals surface area contributed by atoms with Crippen LogP contribution in [0, 0.1) is 11.8 Å². The van der Waals surface area contributed by atoms with Crippen molar-refractivity contribution >= 4 is 39.1 Å². The lowest BCUT2D eigenvalue weighted by atomic mass is 9.93. The first kappa shape index (κ1) is 28.5. The van der Waals surface area contributed by atoms with Crippen molar-refractivity contribution in [2.24, 2.45) is 11.8 Å². The van der Waals surface area contributed by atoms with Gasteiger partial charge in [-0.05, 0) is 38.5 Å². The first-order valence-corrected chi connectivity index (χ1v) is 13.7. The number of amides is 1. The molecule has 0 aliphatic rings. The van der Waals surface area contributed by atoms with Crippen LogP contribution >= 0.6 is 21.6 Å². The van der Waals surface area contributed by atoms with Gasteiger partial charge in [0, 0.05) is 31.1 Å². The number of likely N-dealkylation sites (N-methyl/N-ethyl adjacent to an activating group) is 1. The molecule has 0 fully saturated rings. The van der Waals surface area contributed by atoms with Gasteiger partial charge >= 0.3 is 0 Å². The molecule has 0 aromatic carbocycles. The van der Waals surface area contributed by atoms with Gasteiger partial charge in [0.25, 0.3) is 0 Å². The Bertz CT molecular complexity index is 473. The fourth-order valence-corrected chi connectivity index (χ4v) is 4.66. The van der Waals surface area contributed by atoms with E-state index >= 15 is 0 Å². The maximum atomic E-state index is 12.4. The lowest BCUT2D eigenvalue weighted by Crippen LogP contribution is -2.37. The molecule has 0 aliphatic heterocycles. The number of carbonyl (C=O) groups is 3. The van der Waals surface area contributed by atoms with Gasteiger partial charge in [0.15, 0.2) is 0 Å². The van der Waals surface area contributed by atoms with E-state index in [0.717, 1.165) is 44.3 Å². The maximum Gasteiger partial charge on any atom is 0.234 e. The molecule has 1 amide bonds. The zero-order valence-corrected chi connectivity index (χ0v) is 20.8. The quantitative estimate of drug-likeness (QED) is 0.231. The van der Waals surface area contributed by atoms with Gasteiger partial charge in [-0.25, -0.2) is 0 Å². The van der Waals surface area contributed by atoms with E-state index in [2.05, 4.69) is 26.1 Å². The number of hydrogen-bond donors (Lipinski definition) is 1. The molecular weight excluding hydrogens is 404 g/mol. The average Bonchev–Trinajstić information content (AvgIpc) is 2.63. The predicted octanol–water partition coefficient (Wildman–Crippen LogP) is 4.60. The van der Waals surface area contributed by atoms with Crippen molar-refractivity contribution < 1.29 is 14.4 Å². The molecule has 0 spiro atoms. The summed E-state index contributed by atoms with van der Waals surface area (Å²) in [5, 5.41) is 2.93. The van der Waals surface area contributed by atoms with Gasteiger partial charge in [-0.15, -0.1) is 0 Å². The Kier molecular flexibility index (Phi) is 17.9. The van der Waals surface area contributed by atoms with Gasteiger partial charge in [-0.3, -0.25) is 19.3 Å². The van der Waals surface area contributed by atoms with Crippen LogP contribution in [0.2, 0.25) is 0 Å². The summed E-state index contributed by atoms with van der Waals surface area (Å²) in [5.74, 6) is 1.93. The van der Waals surface area contributed by atoms with Gasteiger partial charge in [0.05, 0.1) is 13.1 Å². The van der Waals surface area contributed by atoms with Crippen molar-refractivity contribution in [3.05, 3.63) is 0 Å². The van der Waals surface area contributed by atoms with Crippen LogP contribution in [0.15, 0.2) is 0 Å². The zero-order valence-electron chi connectivity index (χ0n) is 19.1. The molecule has 0 radical (unpaired) electrons. The molecule has 1 N–H and O–H groups in total. The molecule has 170 valence electrons. The SMILES string of the molecule is CCCCCC(=O)CN(C)CC(=O)NCCCCC(CSSC)C(=O)CC(C)C. The third-order valence-corrected chi connectivity index (χ3v) is 6.56. The zero-order chi connectivity index (χ0) is 22.1. The summed E-state index contributed by atoms with van der Waals surface area (Å²) in [6.07, 6.45) is 9.12. The van der Waals surface area contributed by atoms with Crippen LogP contribution in [0.3, 0.4) is 0 Å². The molecule has 29 heavy (non-hydrogen) atoms. The van der Waals surface area contributed by atoms with Crippen molar-refractivity contribution in [1.29, 1.82) is 0 Å². The molecule has 0 aromatic heterocycles. The van der Waals surface area contributed by atoms with Crippen LogP contribution < -0.4 is 5.32 Å². The number of Topliss-reactive ketones (excluding diaryl/α,β-unsaturated/α-hetero) is 2. The number of ketones is 2. The number of carbonyl (C=O) groups excluding carboxylic acids is 3. The topological polar surface area (TPSA) is 66.5 Å². The number of hydrogen-bond acceptors (Lipinski definition) is 6. The molecule has 0 aromatic rings. The number of nitrogens with zero attached hydrogens (tertiary/aromatic N) is 1. The fraction of sp³-hybridized carbons (Fsp3) is 0.864. The molecule has 0 saturated carbocycles. The van der Waals surface area contributed by atoms with Crippen molar-refractivity contribution in [2.45, 2.75) is 72.1 Å². The lowest BCUT2D eigenvalue weighted by molar-refractivity contribution is -0.124. The van der Waals surface area contributed by atoms with Crippen molar-refractivity contribution in [3.63, 3.8) is 0 Å². The monoisotopic (exact) mass is 446 g/mol. The number of rotatable bonds is 19. The van der Waals surface area contributed by atoms with Crippen LogP contribution in [-0.4, -0.2) is 61.1 Å². The fourth-order valence-electron chi connectivity index (χ4n) is 3.11. The Morgan fingerprint density at radius 1 is 1.03 bits per heavy atom. The smallest absolute Gasteiger partial charge is 0.234 e. The molecule has 1 atom stereocenters. The summed E-state index contributed by atoms with van der Waals surface area (Å²) in [7, 11) is 5.27. The summed E-state index contributed by atoms with van der Waals surface area (Å²) in [6.45, 7) is 7.50. The Hall–Kier alpha value is -0.530. The second-order valence-electron chi connectivity index (χ2n) is 8.23. The minimum atomic E-state index is -0.0424. The van der Waals surface area contributed by atoms with E-state index in [9.17, 15) is 14.4 Å². The minimum absolute atomic E-state index is 0.0424. The Balaban J connectivity index is 4.01. The first-order valence-electron chi connectivity index (χ1n) is 10.9. The van der Waals surface area contributed by atoms with E-state index in [1.807, 2.05) is 13.3 Å². The standard InChI is InChI=1S/C22H42N2O3S2/c1-6-7-8-12-20(25)15-24(4)16-22(27)23-13-10-9-11-19(17-29-28-5)21(26)14-18(2)3/h18-19H,6-17H2,1-5H3,(H,23,27). The van der Waals surface area contributed by atoms with E-state index in [-0.39, 0.29) is 24.2 Å². The molecule has 0 saturated heterocycles. The summed E-state index contributed by atoms with van der Waals surface area (Å²) in [4.78, 5) is 38.1. The molecule has 1 unspecified atom stereocenters. The second-order valence-corrected chi connectivity index (χ2v) is 10.8. The highest BCUT2D eigenvalue weighted by Gasteiger charge is 2.19. The Labute approximate surface area is 186 Å². The van der Waals surface area contributed by atoms with Gasteiger partial charge < -0.3 is 5.32 Å². The van der Waals surface area contributed by atoms with Gasteiger partial charge in [0.1, 0.15) is 11.6 Å². The lowest BCUT2D eigenvalue weighted by Gasteiger charge is -2.17. The van der Waals surface area contributed by atoms with Crippen LogP contribution in [0.25, 0.3) is 0 Å². The van der Waals surface area contributed by atoms with Crippen molar-refractivity contribution in [1.82, 2.24) is 10.2 Å². The van der Waals surface area contributed by atoms with Crippen LogP contribution in [0.5, 0.6) is 0 Å². The predicted molar refractivity (Wildman–Crippen MR) is 127 cm³/mol. The molecule has 0 aliphatic carbocycles. The molecular formula is C22H42N2O3S2. The van der Waals surface area contributed by atoms with Gasteiger partial charge in [-0.2, -0.15) is 0 Å².